The van der Waals surface area contributed by atoms with Crippen LogP contribution in [0.4, 0.5) is 16.0 Å². The molecule has 0 radical (unpaired) electrons. The fraction of sp³-hybridized carbons (Fsp3) is 0.429. The van der Waals surface area contributed by atoms with Crippen LogP contribution >= 0.6 is 0 Å². The van der Waals surface area contributed by atoms with E-state index in [1.165, 1.54) is 6.33 Å². The zero-order chi connectivity index (χ0) is 8.55. The molecule has 2 rings (SSSR count). The summed E-state index contributed by atoms with van der Waals surface area (Å²) < 4.78 is 13.1. The number of anilines is 2. The van der Waals surface area contributed by atoms with E-state index in [-0.39, 0.29) is 11.6 Å². The molecule has 1 aromatic rings. The molecule has 3 N–H and O–H groups in total. The lowest BCUT2D eigenvalue weighted by Gasteiger charge is -2.04. The number of hydrogen-bond donors (Lipinski definition) is 2. The van der Waals surface area contributed by atoms with E-state index >= 15 is 0 Å². The zero-order valence-electron chi connectivity index (χ0n) is 6.42. The minimum Gasteiger partial charge on any atom is -0.381 e. The second kappa shape index (κ2) is 2.58. The van der Waals surface area contributed by atoms with Gasteiger partial charge in [0.2, 0.25) is 5.82 Å². The average molecular weight is 168 g/mol. The summed E-state index contributed by atoms with van der Waals surface area (Å²) in [5.74, 6) is -0.442. The molecule has 0 atom stereocenters. The quantitative estimate of drug-likeness (QED) is 0.684. The molecule has 0 saturated heterocycles. The van der Waals surface area contributed by atoms with Crippen molar-refractivity contribution in [2.75, 3.05) is 11.1 Å². The Bertz CT molecular complexity index is 297. The smallest absolute Gasteiger partial charge is 0.207 e. The van der Waals surface area contributed by atoms with E-state index in [0.29, 0.717) is 6.04 Å². The first-order valence-corrected chi connectivity index (χ1v) is 3.80. The summed E-state index contributed by atoms with van der Waals surface area (Å²) in [4.78, 5) is 7.26. The Morgan fingerprint density at radius 2 is 2.25 bits per heavy atom. The maximum atomic E-state index is 13.1. The molecule has 1 aromatic heterocycles. The number of nitrogens with zero attached hydrogens (tertiary/aromatic N) is 2. The summed E-state index contributed by atoms with van der Waals surface area (Å²) in [7, 11) is 0. The first-order chi connectivity index (χ1) is 5.77. The molecule has 5 heteroatoms. The summed E-state index contributed by atoms with van der Waals surface area (Å²) in [5.41, 5.74) is 5.25. The Hall–Kier alpha value is -1.39. The molecule has 1 aliphatic carbocycles. The highest BCUT2D eigenvalue weighted by atomic mass is 19.1. The second-order valence-electron chi connectivity index (χ2n) is 2.84. The molecule has 0 aromatic carbocycles. The highest BCUT2D eigenvalue weighted by Gasteiger charge is 2.23. The Morgan fingerprint density at radius 3 is 2.92 bits per heavy atom. The third-order valence-corrected chi connectivity index (χ3v) is 1.73. The Morgan fingerprint density at radius 1 is 1.50 bits per heavy atom. The Labute approximate surface area is 69.0 Å². The van der Waals surface area contributed by atoms with Crippen molar-refractivity contribution < 1.29 is 4.39 Å². The first-order valence-electron chi connectivity index (χ1n) is 3.80. The van der Waals surface area contributed by atoms with Crippen LogP contribution in [0.25, 0.3) is 0 Å². The van der Waals surface area contributed by atoms with Crippen molar-refractivity contribution in [1.82, 2.24) is 9.97 Å². The van der Waals surface area contributed by atoms with E-state index < -0.39 is 5.82 Å². The van der Waals surface area contributed by atoms with Crippen LogP contribution in [0.5, 0.6) is 0 Å². The second-order valence-corrected chi connectivity index (χ2v) is 2.84. The van der Waals surface area contributed by atoms with Gasteiger partial charge in [0, 0.05) is 6.04 Å². The summed E-state index contributed by atoms with van der Waals surface area (Å²) in [6.45, 7) is 0. The molecule has 4 nitrogen and oxygen atoms in total. The molecule has 1 fully saturated rings. The summed E-state index contributed by atoms with van der Waals surface area (Å²) >= 11 is 0. The van der Waals surface area contributed by atoms with Gasteiger partial charge >= 0.3 is 0 Å². The number of hydrogen-bond acceptors (Lipinski definition) is 4. The van der Waals surface area contributed by atoms with Gasteiger partial charge in [0.05, 0.1) is 0 Å². The molecule has 0 bridgehead atoms. The third-order valence-electron chi connectivity index (χ3n) is 1.73. The van der Waals surface area contributed by atoms with Crippen molar-refractivity contribution in [1.29, 1.82) is 0 Å². The monoisotopic (exact) mass is 168 g/mol. The van der Waals surface area contributed by atoms with E-state index in [1.807, 2.05) is 0 Å². The standard InChI is InChI=1S/C7H9FN4/c8-5-6(9)10-3-11-7(5)12-4-1-2-4/h3-4H,1-2H2,(H3,9,10,11,12). The molecule has 1 aliphatic rings. The number of nitrogens with one attached hydrogen (secondary N) is 1. The van der Waals surface area contributed by atoms with Crippen molar-refractivity contribution >= 4 is 11.6 Å². The molecule has 0 amide bonds. The highest BCUT2D eigenvalue weighted by Crippen LogP contribution is 2.25. The van der Waals surface area contributed by atoms with Gasteiger partial charge in [0.1, 0.15) is 6.33 Å². The Kier molecular flexibility index (Phi) is 1.56. The predicted octanol–water partition coefficient (Wildman–Crippen LogP) is 0.772. The van der Waals surface area contributed by atoms with E-state index in [1.54, 1.807) is 0 Å². The summed E-state index contributed by atoms with van der Waals surface area (Å²) in [6, 6.07) is 0.369. The summed E-state index contributed by atoms with van der Waals surface area (Å²) in [6.07, 6.45) is 3.40. The van der Waals surface area contributed by atoms with Gasteiger partial charge in [0.15, 0.2) is 11.6 Å². The Balaban J connectivity index is 2.23. The lowest BCUT2D eigenvalue weighted by atomic mass is 10.5. The van der Waals surface area contributed by atoms with Gasteiger partial charge in [-0.2, -0.15) is 4.39 Å². The fourth-order valence-corrected chi connectivity index (χ4v) is 0.905. The SMILES string of the molecule is Nc1ncnc(NC2CC2)c1F. The van der Waals surface area contributed by atoms with Crippen molar-refractivity contribution in [3.8, 4) is 0 Å². The minimum absolute atomic E-state index is 0.104. The number of nitrogen functional groups attached to an aromatic ring is 1. The van der Waals surface area contributed by atoms with E-state index in [9.17, 15) is 4.39 Å². The molecule has 1 saturated carbocycles. The van der Waals surface area contributed by atoms with Gasteiger partial charge in [-0.25, -0.2) is 9.97 Å². The van der Waals surface area contributed by atoms with E-state index in [4.69, 9.17) is 5.73 Å². The van der Waals surface area contributed by atoms with Crippen LogP contribution in [-0.4, -0.2) is 16.0 Å². The third kappa shape index (κ3) is 1.30. The van der Waals surface area contributed by atoms with Crippen LogP contribution in [-0.2, 0) is 0 Å². The molecule has 0 unspecified atom stereocenters. The number of nitrogens with two attached hydrogens (primary N) is 1. The molecular weight excluding hydrogens is 159 g/mol. The van der Waals surface area contributed by atoms with Gasteiger partial charge in [-0.05, 0) is 12.8 Å². The number of halogens is 1. The van der Waals surface area contributed by atoms with Crippen LogP contribution in [0.2, 0.25) is 0 Å². The van der Waals surface area contributed by atoms with Gasteiger partial charge in [-0.3, -0.25) is 0 Å². The topological polar surface area (TPSA) is 63.8 Å². The fourth-order valence-electron chi connectivity index (χ4n) is 0.905. The van der Waals surface area contributed by atoms with Gasteiger partial charge in [-0.15, -0.1) is 0 Å². The van der Waals surface area contributed by atoms with Gasteiger partial charge in [0.25, 0.3) is 0 Å². The molecule has 1 heterocycles. The van der Waals surface area contributed by atoms with E-state index in [0.717, 1.165) is 12.8 Å². The van der Waals surface area contributed by atoms with Crippen molar-refractivity contribution in [2.24, 2.45) is 0 Å². The first kappa shape index (κ1) is 7.27. The van der Waals surface area contributed by atoms with E-state index in [2.05, 4.69) is 15.3 Å². The molecular formula is C7H9FN4. The maximum absolute atomic E-state index is 13.1. The average Bonchev–Trinajstić information content (AvgIpc) is 2.83. The van der Waals surface area contributed by atoms with Crippen molar-refractivity contribution in [3.05, 3.63) is 12.1 Å². The predicted molar refractivity (Wildman–Crippen MR) is 43.0 cm³/mol. The largest absolute Gasteiger partial charge is 0.381 e. The molecule has 0 aliphatic heterocycles. The highest BCUT2D eigenvalue weighted by molar-refractivity contribution is 5.47. The normalized spacial score (nSPS) is 16.1. The molecule has 0 spiro atoms. The van der Waals surface area contributed by atoms with Crippen LogP contribution in [0.3, 0.4) is 0 Å². The van der Waals surface area contributed by atoms with Crippen LogP contribution in [0, 0.1) is 5.82 Å². The van der Waals surface area contributed by atoms with Crippen LogP contribution in [0.1, 0.15) is 12.8 Å². The maximum Gasteiger partial charge on any atom is 0.207 e. The van der Waals surface area contributed by atoms with Gasteiger partial charge < -0.3 is 11.1 Å². The minimum atomic E-state index is -0.551. The number of aromatic nitrogens is 2. The van der Waals surface area contributed by atoms with Crippen LogP contribution < -0.4 is 11.1 Å². The van der Waals surface area contributed by atoms with Crippen molar-refractivity contribution in [2.45, 2.75) is 18.9 Å². The molecule has 12 heavy (non-hydrogen) atoms. The zero-order valence-corrected chi connectivity index (χ0v) is 6.42. The number of rotatable bonds is 2. The molecule has 64 valence electrons. The van der Waals surface area contributed by atoms with Crippen molar-refractivity contribution in [3.63, 3.8) is 0 Å². The lowest BCUT2D eigenvalue weighted by molar-refractivity contribution is 0.622. The van der Waals surface area contributed by atoms with Crippen LogP contribution in [0.15, 0.2) is 6.33 Å². The lowest BCUT2D eigenvalue weighted by Crippen LogP contribution is -2.08. The summed E-state index contributed by atoms with van der Waals surface area (Å²) in [5, 5.41) is 2.92. The van der Waals surface area contributed by atoms with Gasteiger partial charge in [-0.1, -0.05) is 0 Å².